The van der Waals surface area contributed by atoms with Crippen LogP contribution < -0.4 is 4.89 Å². The van der Waals surface area contributed by atoms with Gasteiger partial charge in [-0.15, -0.1) is 6.58 Å². The van der Waals surface area contributed by atoms with E-state index < -0.39 is 10.3 Å². The van der Waals surface area contributed by atoms with E-state index in [2.05, 4.69) is 10.8 Å². The Morgan fingerprint density at radius 3 is 2.67 bits per heavy atom. The van der Waals surface area contributed by atoms with Crippen molar-refractivity contribution in [2.75, 3.05) is 6.61 Å². The van der Waals surface area contributed by atoms with Crippen LogP contribution in [0.5, 0.6) is 0 Å². The van der Waals surface area contributed by atoms with E-state index in [4.69, 9.17) is 5.21 Å². The van der Waals surface area contributed by atoms with E-state index in [-0.39, 0.29) is 6.61 Å². The second-order valence-corrected chi connectivity index (χ2v) is 2.34. The van der Waals surface area contributed by atoms with Gasteiger partial charge in [0, 0.05) is 0 Å². The van der Waals surface area contributed by atoms with Crippen LogP contribution in [0.25, 0.3) is 0 Å². The van der Waals surface area contributed by atoms with E-state index in [0.717, 1.165) is 0 Å². The van der Waals surface area contributed by atoms with E-state index >= 15 is 0 Å². The van der Waals surface area contributed by atoms with Crippen molar-refractivity contribution in [2.45, 2.75) is 0 Å². The Morgan fingerprint density at radius 1 is 1.78 bits per heavy atom. The summed E-state index contributed by atoms with van der Waals surface area (Å²) in [5, 5.41) is 7.70. The fourth-order valence-electron chi connectivity index (χ4n) is 0.158. The van der Waals surface area contributed by atoms with Gasteiger partial charge in [-0.2, -0.15) is 8.42 Å². The van der Waals surface area contributed by atoms with E-state index in [1.165, 1.54) is 6.08 Å². The molecule has 0 amide bonds. The van der Waals surface area contributed by atoms with Crippen molar-refractivity contribution in [2.24, 2.45) is 0 Å². The summed E-state index contributed by atoms with van der Waals surface area (Å²) in [4.78, 5) is 1.96. The van der Waals surface area contributed by atoms with Gasteiger partial charge in [0.2, 0.25) is 0 Å². The molecule has 6 heteroatoms. The molecule has 0 aliphatic rings. The molecule has 0 unspecified atom stereocenters. The fourth-order valence-corrected chi connectivity index (χ4v) is 0.473. The third kappa shape index (κ3) is 4.10. The molecule has 0 rings (SSSR count). The summed E-state index contributed by atoms with van der Waals surface area (Å²) in [6.45, 7) is 3.00. The van der Waals surface area contributed by atoms with E-state index in [0.29, 0.717) is 0 Å². The van der Waals surface area contributed by atoms with Crippen molar-refractivity contribution in [3.63, 3.8) is 0 Å². The standard InChI is InChI=1S/C3H6NO4S/c1-2-3-8-9(6,7)4-5/h2,5H,1,3H2. The molecule has 0 saturated heterocycles. The van der Waals surface area contributed by atoms with Gasteiger partial charge in [0.25, 0.3) is 0 Å². The third-order valence-electron chi connectivity index (χ3n) is 0.435. The SMILES string of the molecule is C=CCOS(=O)(=O)[N]O. The van der Waals surface area contributed by atoms with Crippen LogP contribution in [0.3, 0.4) is 0 Å². The molecule has 0 heterocycles. The first-order valence-electron chi connectivity index (χ1n) is 1.99. The number of hydrogen-bond donors (Lipinski definition) is 1. The van der Waals surface area contributed by atoms with Crippen molar-refractivity contribution in [1.82, 2.24) is 4.89 Å². The highest BCUT2D eigenvalue weighted by Gasteiger charge is 2.07. The molecule has 0 atom stereocenters. The molecule has 0 aromatic rings. The van der Waals surface area contributed by atoms with Crippen molar-refractivity contribution in [1.29, 1.82) is 0 Å². The fraction of sp³-hybridized carbons (Fsp3) is 0.333. The van der Waals surface area contributed by atoms with Gasteiger partial charge in [-0.05, 0) is 0 Å². The Morgan fingerprint density at radius 2 is 2.33 bits per heavy atom. The second-order valence-electron chi connectivity index (χ2n) is 1.08. The smallest absolute Gasteiger partial charge is 0.281 e. The van der Waals surface area contributed by atoms with Gasteiger partial charge in [-0.3, -0.25) is 9.39 Å². The highest BCUT2D eigenvalue weighted by molar-refractivity contribution is 7.84. The second kappa shape index (κ2) is 3.57. The molecule has 0 bridgehead atoms. The normalized spacial score (nSPS) is 11.2. The average molecular weight is 152 g/mol. The van der Waals surface area contributed by atoms with Crippen molar-refractivity contribution >= 4 is 10.3 Å². The molecule has 0 aliphatic carbocycles. The molecule has 0 fully saturated rings. The lowest BCUT2D eigenvalue weighted by molar-refractivity contribution is 0.203. The molecule has 0 aromatic carbocycles. The molecule has 9 heavy (non-hydrogen) atoms. The highest BCUT2D eigenvalue weighted by atomic mass is 32.2. The van der Waals surface area contributed by atoms with Gasteiger partial charge in [-0.25, -0.2) is 0 Å². The zero-order valence-electron chi connectivity index (χ0n) is 4.52. The summed E-state index contributed by atoms with van der Waals surface area (Å²) in [5.74, 6) is 0. The first-order valence-corrected chi connectivity index (χ1v) is 3.35. The van der Waals surface area contributed by atoms with E-state index in [9.17, 15) is 8.42 Å². The van der Waals surface area contributed by atoms with Crippen LogP contribution in [0.4, 0.5) is 0 Å². The average Bonchev–Trinajstić information content (AvgIpc) is 1.84. The number of rotatable bonds is 4. The summed E-state index contributed by atoms with van der Waals surface area (Å²) in [7, 11) is -4.07. The lowest BCUT2D eigenvalue weighted by Crippen LogP contribution is -2.15. The molecular weight excluding hydrogens is 146 g/mol. The molecule has 53 valence electrons. The molecule has 0 saturated carbocycles. The monoisotopic (exact) mass is 152 g/mol. The zero-order valence-corrected chi connectivity index (χ0v) is 5.34. The summed E-state index contributed by atoms with van der Waals surface area (Å²) < 4.78 is 24.1. The van der Waals surface area contributed by atoms with Gasteiger partial charge in [0.05, 0.1) is 11.5 Å². The first-order chi connectivity index (χ1) is 4.12. The summed E-state index contributed by atoms with van der Waals surface area (Å²) >= 11 is 0. The van der Waals surface area contributed by atoms with Crippen LogP contribution in [0.15, 0.2) is 12.7 Å². The molecule has 5 nitrogen and oxygen atoms in total. The minimum atomic E-state index is -4.07. The molecule has 0 aromatic heterocycles. The van der Waals surface area contributed by atoms with Crippen LogP contribution in [0.1, 0.15) is 0 Å². The van der Waals surface area contributed by atoms with Crippen LogP contribution in [0.2, 0.25) is 0 Å². The maximum Gasteiger partial charge on any atom is 0.378 e. The van der Waals surface area contributed by atoms with Crippen molar-refractivity contribution in [3.05, 3.63) is 12.7 Å². The Labute approximate surface area is 53.2 Å². The first kappa shape index (κ1) is 8.57. The third-order valence-corrected chi connectivity index (χ3v) is 1.07. The Hall–Kier alpha value is -0.430. The van der Waals surface area contributed by atoms with Crippen LogP contribution in [-0.4, -0.2) is 20.2 Å². The molecular formula is C3H6NO4S. The largest absolute Gasteiger partial charge is 0.378 e. The van der Waals surface area contributed by atoms with Crippen LogP contribution in [-0.2, 0) is 14.5 Å². The lowest BCUT2D eigenvalue weighted by atomic mass is 10.7. The topological polar surface area (TPSA) is 77.7 Å². The Kier molecular flexibility index (Phi) is 3.40. The molecule has 1 radical (unpaired) electrons. The number of nitrogens with zero attached hydrogens (tertiary/aromatic N) is 1. The van der Waals surface area contributed by atoms with E-state index in [1.54, 1.807) is 0 Å². The minimum absolute atomic E-state index is 0.188. The van der Waals surface area contributed by atoms with Gasteiger partial charge >= 0.3 is 10.3 Å². The van der Waals surface area contributed by atoms with Gasteiger partial charge < -0.3 is 0 Å². The number of hydrogen-bond acceptors (Lipinski definition) is 4. The summed E-state index contributed by atoms with van der Waals surface area (Å²) in [5.41, 5.74) is 0. The predicted octanol–water partition coefficient (Wildman–Crippen LogP) is -0.573. The molecule has 1 N–H and O–H groups in total. The van der Waals surface area contributed by atoms with Gasteiger partial charge in [0.15, 0.2) is 0 Å². The molecule has 0 spiro atoms. The predicted molar refractivity (Wildman–Crippen MR) is 29.0 cm³/mol. The maximum atomic E-state index is 10.1. The summed E-state index contributed by atoms with van der Waals surface area (Å²) in [6.07, 6.45) is 1.22. The summed E-state index contributed by atoms with van der Waals surface area (Å²) in [6, 6.07) is 0. The van der Waals surface area contributed by atoms with Crippen LogP contribution in [0, 0.1) is 0 Å². The maximum absolute atomic E-state index is 10.1. The lowest BCUT2D eigenvalue weighted by Gasteiger charge is -1.94. The van der Waals surface area contributed by atoms with Crippen LogP contribution >= 0.6 is 0 Å². The Bertz CT molecular complexity index is 172. The van der Waals surface area contributed by atoms with Gasteiger partial charge in [0.1, 0.15) is 0 Å². The molecule has 0 aliphatic heterocycles. The highest BCUT2D eigenvalue weighted by Crippen LogP contribution is 1.85. The van der Waals surface area contributed by atoms with E-state index in [1.807, 2.05) is 4.89 Å². The Balaban J connectivity index is 3.74. The van der Waals surface area contributed by atoms with Crippen molar-refractivity contribution in [3.8, 4) is 0 Å². The van der Waals surface area contributed by atoms with Gasteiger partial charge in [-0.1, -0.05) is 6.08 Å². The minimum Gasteiger partial charge on any atom is -0.281 e. The quantitative estimate of drug-likeness (QED) is 0.432. The van der Waals surface area contributed by atoms with Crippen molar-refractivity contribution < 1.29 is 17.8 Å². The zero-order chi connectivity index (χ0) is 7.33.